The number of carbonyl (C=O) groups excluding carboxylic acids is 5. The van der Waals surface area contributed by atoms with E-state index < -0.39 is 47.7 Å². The summed E-state index contributed by atoms with van der Waals surface area (Å²) in [5.74, 6) is -3.40. The summed E-state index contributed by atoms with van der Waals surface area (Å²) in [6, 6.07) is 6.06. The van der Waals surface area contributed by atoms with Gasteiger partial charge in [-0.2, -0.15) is 0 Å². The zero-order valence-electron chi connectivity index (χ0n) is 21.2. The summed E-state index contributed by atoms with van der Waals surface area (Å²) in [4.78, 5) is 62.9. The maximum Gasteiger partial charge on any atom is 0.408 e. The Hall–Kier alpha value is -3.47. The van der Waals surface area contributed by atoms with Gasteiger partial charge in [0.15, 0.2) is 0 Å². The van der Waals surface area contributed by atoms with E-state index >= 15 is 0 Å². The SMILES string of the molecule is CC(C)C(NC(=O)OCc1ccccc1)C(=O)NC(C(=O)NC1CCOCCNC(=O)C1=O)C(C)C. The van der Waals surface area contributed by atoms with Crippen molar-refractivity contribution in [2.24, 2.45) is 11.8 Å². The van der Waals surface area contributed by atoms with E-state index in [1.54, 1.807) is 27.7 Å². The van der Waals surface area contributed by atoms with Crippen molar-refractivity contribution in [1.82, 2.24) is 21.3 Å². The maximum atomic E-state index is 13.1. The summed E-state index contributed by atoms with van der Waals surface area (Å²) in [6.45, 7) is 7.67. The number of hydrogen-bond donors (Lipinski definition) is 4. The molecule has 1 aromatic carbocycles. The Kier molecular flexibility index (Phi) is 11.3. The second kappa shape index (κ2) is 14.2. The van der Waals surface area contributed by atoms with Crippen LogP contribution in [0, 0.1) is 11.8 Å². The Morgan fingerprint density at radius 3 is 2.25 bits per heavy atom. The van der Waals surface area contributed by atoms with Gasteiger partial charge in [0, 0.05) is 13.2 Å². The van der Waals surface area contributed by atoms with E-state index in [2.05, 4.69) is 21.3 Å². The number of ketones is 1. The average molecular weight is 505 g/mol. The first kappa shape index (κ1) is 28.8. The number of ether oxygens (including phenoxy) is 2. The van der Waals surface area contributed by atoms with Gasteiger partial charge in [-0.05, 0) is 23.8 Å². The summed E-state index contributed by atoms with van der Waals surface area (Å²) >= 11 is 0. The van der Waals surface area contributed by atoms with E-state index in [0.717, 1.165) is 5.56 Å². The molecule has 4 N–H and O–H groups in total. The molecule has 4 amide bonds. The van der Waals surface area contributed by atoms with Crippen molar-refractivity contribution in [2.75, 3.05) is 19.8 Å². The number of nitrogens with one attached hydrogen (secondary N) is 4. The molecule has 3 atom stereocenters. The monoisotopic (exact) mass is 504 g/mol. The molecule has 0 aliphatic carbocycles. The third-order valence-corrected chi connectivity index (χ3v) is 5.62. The smallest absolute Gasteiger partial charge is 0.408 e. The van der Waals surface area contributed by atoms with Gasteiger partial charge in [-0.25, -0.2) is 4.79 Å². The van der Waals surface area contributed by atoms with Crippen molar-refractivity contribution in [3.63, 3.8) is 0 Å². The van der Waals surface area contributed by atoms with E-state index in [4.69, 9.17) is 9.47 Å². The van der Waals surface area contributed by atoms with Crippen LogP contribution in [0.15, 0.2) is 30.3 Å². The normalized spacial score (nSPS) is 18.2. The Labute approximate surface area is 211 Å². The van der Waals surface area contributed by atoms with Gasteiger partial charge >= 0.3 is 6.09 Å². The van der Waals surface area contributed by atoms with Gasteiger partial charge in [0.1, 0.15) is 18.7 Å². The molecule has 0 bridgehead atoms. The third kappa shape index (κ3) is 8.95. The molecule has 198 valence electrons. The van der Waals surface area contributed by atoms with E-state index in [9.17, 15) is 24.0 Å². The maximum absolute atomic E-state index is 13.1. The van der Waals surface area contributed by atoms with Gasteiger partial charge in [0.05, 0.1) is 12.6 Å². The number of benzene rings is 1. The van der Waals surface area contributed by atoms with Crippen molar-refractivity contribution >= 4 is 29.6 Å². The standard InChI is InChI=1S/C25H36N4O7/c1-15(2)19(22(31)27-18-10-12-35-13-11-26-24(33)21(18)30)28-23(32)20(16(3)4)29-25(34)36-14-17-8-6-5-7-9-17/h5-9,15-16,18-20H,10-14H2,1-4H3,(H,26,33)(H,27,31)(H,28,32)(H,29,34). The van der Waals surface area contributed by atoms with E-state index in [1.807, 2.05) is 30.3 Å². The van der Waals surface area contributed by atoms with Gasteiger partial charge in [-0.1, -0.05) is 58.0 Å². The number of rotatable bonds is 9. The van der Waals surface area contributed by atoms with E-state index in [-0.39, 0.29) is 44.6 Å². The lowest BCUT2D eigenvalue weighted by Gasteiger charge is -2.28. The van der Waals surface area contributed by atoms with Crippen LogP contribution in [-0.4, -0.2) is 67.5 Å². The highest BCUT2D eigenvalue weighted by molar-refractivity contribution is 6.38. The lowest BCUT2D eigenvalue weighted by atomic mass is 9.99. The van der Waals surface area contributed by atoms with Crippen LogP contribution in [-0.2, 0) is 35.3 Å². The van der Waals surface area contributed by atoms with Crippen LogP contribution in [0.1, 0.15) is 39.7 Å². The largest absolute Gasteiger partial charge is 0.445 e. The minimum absolute atomic E-state index is 0.0445. The van der Waals surface area contributed by atoms with Crippen LogP contribution in [0.5, 0.6) is 0 Å². The first-order chi connectivity index (χ1) is 17.1. The lowest BCUT2D eigenvalue weighted by molar-refractivity contribution is -0.140. The Morgan fingerprint density at radius 2 is 1.61 bits per heavy atom. The van der Waals surface area contributed by atoms with Crippen LogP contribution in [0.2, 0.25) is 0 Å². The number of alkyl carbamates (subject to hydrolysis) is 1. The Morgan fingerprint density at radius 1 is 0.972 bits per heavy atom. The number of hydrogen-bond acceptors (Lipinski definition) is 7. The predicted molar refractivity (Wildman–Crippen MR) is 131 cm³/mol. The third-order valence-electron chi connectivity index (χ3n) is 5.62. The molecule has 1 aliphatic rings. The molecule has 3 unspecified atom stereocenters. The van der Waals surface area contributed by atoms with E-state index in [1.165, 1.54) is 0 Å². The molecule has 0 aromatic heterocycles. The molecule has 11 nitrogen and oxygen atoms in total. The highest BCUT2D eigenvalue weighted by Gasteiger charge is 2.34. The van der Waals surface area contributed by atoms with Crippen LogP contribution in [0.3, 0.4) is 0 Å². The lowest BCUT2D eigenvalue weighted by Crippen LogP contribution is -2.59. The first-order valence-corrected chi connectivity index (χ1v) is 12.1. The molecule has 1 saturated heterocycles. The summed E-state index contributed by atoms with van der Waals surface area (Å²) < 4.78 is 10.6. The highest BCUT2D eigenvalue weighted by atomic mass is 16.5. The molecule has 1 aromatic rings. The van der Waals surface area contributed by atoms with Crippen LogP contribution >= 0.6 is 0 Å². The summed E-state index contributed by atoms with van der Waals surface area (Å²) in [6.07, 6.45) is -0.638. The Balaban J connectivity index is 2.02. The number of carbonyl (C=O) groups is 5. The first-order valence-electron chi connectivity index (χ1n) is 12.1. The molecule has 0 saturated carbocycles. The molecular formula is C25H36N4O7. The molecule has 11 heteroatoms. The zero-order valence-corrected chi connectivity index (χ0v) is 21.2. The second-order valence-corrected chi connectivity index (χ2v) is 9.24. The molecule has 1 aliphatic heterocycles. The van der Waals surface area contributed by atoms with Crippen molar-refractivity contribution < 1.29 is 33.4 Å². The molecule has 0 radical (unpaired) electrons. The average Bonchev–Trinajstić information content (AvgIpc) is 2.91. The summed E-state index contributed by atoms with van der Waals surface area (Å²) in [7, 11) is 0. The topological polar surface area (TPSA) is 152 Å². The fraction of sp³-hybridized carbons (Fsp3) is 0.560. The van der Waals surface area contributed by atoms with E-state index in [0.29, 0.717) is 0 Å². The minimum Gasteiger partial charge on any atom is -0.445 e. The zero-order chi connectivity index (χ0) is 26.7. The summed E-state index contributed by atoms with van der Waals surface area (Å²) in [5.41, 5.74) is 0.799. The molecule has 0 spiro atoms. The molecule has 2 rings (SSSR count). The second-order valence-electron chi connectivity index (χ2n) is 9.24. The van der Waals surface area contributed by atoms with Gasteiger partial charge in [0.2, 0.25) is 17.6 Å². The highest BCUT2D eigenvalue weighted by Crippen LogP contribution is 2.09. The summed E-state index contributed by atoms with van der Waals surface area (Å²) in [5, 5.41) is 10.2. The van der Waals surface area contributed by atoms with Crippen LogP contribution in [0.25, 0.3) is 0 Å². The van der Waals surface area contributed by atoms with Crippen molar-refractivity contribution in [3.8, 4) is 0 Å². The molecule has 1 heterocycles. The van der Waals surface area contributed by atoms with Gasteiger partial charge < -0.3 is 30.7 Å². The number of Topliss-reactive ketones (excluding diaryl/α,β-unsaturated/α-hetero) is 1. The quantitative estimate of drug-likeness (QED) is 0.361. The van der Waals surface area contributed by atoms with Crippen molar-refractivity contribution in [1.29, 1.82) is 0 Å². The number of amides is 4. The molecular weight excluding hydrogens is 468 g/mol. The molecule has 36 heavy (non-hydrogen) atoms. The predicted octanol–water partition coefficient (Wildman–Crippen LogP) is 0.669. The fourth-order valence-electron chi connectivity index (χ4n) is 3.52. The van der Waals surface area contributed by atoms with Gasteiger partial charge in [-0.15, -0.1) is 0 Å². The Bertz CT molecular complexity index is 920. The van der Waals surface area contributed by atoms with Crippen LogP contribution < -0.4 is 21.3 Å². The van der Waals surface area contributed by atoms with Gasteiger partial charge in [0.25, 0.3) is 5.91 Å². The van der Waals surface area contributed by atoms with Crippen molar-refractivity contribution in [2.45, 2.75) is 58.8 Å². The van der Waals surface area contributed by atoms with Crippen LogP contribution in [0.4, 0.5) is 4.79 Å². The van der Waals surface area contributed by atoms with Crippen molar-refractivity contribution in [3.05, 3.63) is 35.9 Å². The fourth-order valence-corrected chi connectivity index (χ4v) is 3.52. The minimum atomic E-state index is -1.08. The van der Waals surface area contributed by atoms with Gasteiger partial charge in [-0.3, -0.25) is 19.2 Å². The molecule has 1 fully saturated rings.